The molecule has 1 amide bonds. The van der Waals surface area contributed by atoms with Gasteiger partial charge in [0.2, 0.25) is 0 Å². The highest BCUT2D eigenvalue weighted by molar-refractivity contribution is 7.19. The summed E-state index contributed by atoms with van der Waals surface area (Å²) in [6.45, 7) is 10.1. The Morgan fingerprint density at radius 3 is 2.72 bits per heavy atom. The van der Waals surface area contributed by atoms with Gasteiger partial charge < -0.3 is 4.90 Å². The second kappa shape index (κ2) is 8.00. The predicted molar refractivity (Wildman–Crippen MR) is 133 cm³/mol. The van der Waals surface area contributed by atoms with E-state index in [0.29, 0.717) is 17.9 Å². The molecule has 4 heterocycles. The summed E-state index contributed by atoms with van der Waals surface area (Å²) in [5.74, 6) is 0.894. The Morgan fingerprint density at radius 2 is 2.00 bits per heavy atom. The van der Waals surface area contributed by atoms with E-state index in [1.807, 2.05) is 30.1 Å². The Labute approximate surface area is 193 Å². The van der Waals surface area contributed by atoms with E-state index >= 15 is 0 Å². The molecule has 0 spiro atoms. The van der Waals surface area contributed by atoms with Gasteiger partial charge in [0.05, 0.1) is 6.04 Å². The molecule has 6 heteroatoms. The molecule has 0 aliphatic carbocycles. The fourth-order valence-electron chi connectivity index (χ4n) is 4.89. The fraction of sp³-hybridized carbons (Fsp3) is 0.423. The summed E-state index contributed by atoms with van der Waals surface area (Å²) < 4.78 is 1.18. The third kappa shape index (κ3) is 3.51. The van der Waals surface area contributed by atoms with E-state index in [9.17, 15) is 4.79 Å². The Hall–Kier alpha value is -2.73. The zero-order valence-corrected chi connectivity index (χ0v) is 20.2. The van der Waals surface area contributed by atoms with Gasteiger partial charge in [-0.15, -0.1) is 11.3 Å². The number of aryl methyl sites for hydroxylation is 2. The molecule has 1 aromatic carbocycles. The van der Waals surface area contributed by atoms with Crippen molar-refractivity contribution in [2.75, 3.05) is 20.1 Å². The maximum atomic E-state index is 13.6. The molecule has 2 aliphatic rings. The lowest BCUT2D eigenvalue weighted by Gasteiger charge is -2.20. The monoisotopic (exact) mass is 446 g/mol. The molecule has 2 atom stereocenters. The van der Waals surface area contributed by atoms with Crippen LogP contribution in [0.2, 0.25) is 0 Å². The number of nitrogens with zero attached hydrogens (tertiary/aromatic N) is 4. The molecule has 0 radical (unpaired) electrons. The van der Waals surface area contributed by atoms with Crippen molar-refractivity contribution in [3.63, 3.8) is 0 Å². The summed E-state index contributed by atoms with van der Waals surface area (Å²) in [5, 5.41) is 7.61. The van der Waals surface area contributed by atoms with Crippen LogP contribution in [-0.2, 0) is 6.42 Å². The summed E-state index contributed by atoms with van der Waals surface area (Å²) in [4.78, 5) is 21.8. The quantitative estimate of drug-likeness (QED) is 0.544. The van der Waals surface area contributed by atoms with Gasteiger partial charge in [-0.2, -0.15) is 5.10 Å². The summed E-state index contributed by atoms with van der Waals surface area (Å²) in [7, 11) is 2.00. The SMILES string of the molecule is CCc1nc(C)ccc1-c1cc(C(=O)N2CC3C=NN(C)C3C2)cc2sc(C(C)C)cc12. The smallest absolute Gasteiger partial charge is 0.254 e. The number of fused-ring (bicyclic) bond motifs is 2. The molecule has 1 fully saturated rings. The van der Waals surface area contributed by atoms with Gasteiger partial charge in [0.15, 0.2) is 0 Å². The average molecular weight is 447 g/mol. The van der Waals surface area contributed by atoms with Gasteiger partial charge in [-0.3, -0.25) is 14.8 Å². The first-order valence-corrected chi connectivity index (χ1v) is 12.3. The lowest BCUT2D eigenvalue weighted by atomic mass is 9.96. The number of amides is 1. The van der Waals surface area contributed by atoms with Gasteiger partial charge in [0.1, 0.15) is 0 Å². The second-order valence-corrected chi connectivity index (χ2v) is 10.4. The van der Waals surface area contributed by atoms with Gasteiger partial charge in [-0.1, -0.05) is 26.8 Å². The predicted octanol–water partition coefficient (Wildman–Crippen LogP) is 5.33. The van der Waals surface area contributed by atoms with Crippen molar-refractivity contribution >= 4 is 33.5 Å². The highest BCUT2D eigenvalue weighted by Gasteiger charge is 2.40. The molecule has 2 aliphatic heterocycles. The summed E-state index contributed by atoms with van der Waals surface area (Å²) in [6.07, 6.45) is 2.85. The third-order valence-electron chi connectivity index (χ3n) is 6.75. The van der Waals surface area contributed by atoms with E-state index in [-0.39, 0.29) is 5.91 Å². The zero-order valence-electron chi connectivity index (χ0n) is 19.4. The Bertz CT molecular complexity index is 1230. The molecular formula is C26H30N4OS. The highest BCUT2D eigenvalue weighted by Crippen LogP contribution is 2.39. The van der Waals surface area contributed by atoms with Gasteiger partial charge in [-0.25, -0.2) is 0 Å². The normalized spacial score (nSPS) is 20.1. The first-order chi connectivity index (χ1) is 15.4. The van der Waals surface area contributed by atoms with Crippen LogP contribution in [-0.4, -0.2) is 53.2 Å². The van der Waals surface area contributed by atoms with E-state index in [0.717, 1.165) is 47.6 Å². The lowest BCUT2D eigenvalue weighted by molar-refractivity contribution is 0.0779. The van der Waals surface area contributed by atoms with E-state index in [4.69, 9.17) is 4.98 Å². The number of likely N-dealkylation sites (N-methyl/N-ethyl adjacent to an activating group) is 1. The van der Waals surface area contributed by atoms with Crippen LogP contribution >= 0.6 is 11.3 Å². The van der Waals surface area contributed by atoms with E-state index in [2.05, 4.69) is 56.2 Å². The second-order valence-electron chi connectivity index (χ2n) is 9.32. The number of hydrogen-bond acceptors (Lipinski definition) is 5. The first-order valence-electron chi connectivity index (χ1n) is 11.5. The minimum Gasteiger partial charge on any atom is -0.336 e. The number of rotatable bonds is 4. The van der Waals surface area contributed by atoms with E-state index in [1.54, 1.807) is 11.3 Å². The molecule has 0 saturated carbocycles. The van der Waals surface area contributed by atoms with Gasteiger partial charge >= 0.3 is 0 Å². The van der Waals surface area contributed by atoms with Crippen LogP contribution in [0.4, 0.5) is 0 Å². The molecule has 5 nitrogen and oxygen atoms in total. The minimum atomic E-state index is 0.113. The van der Waals surface area contributed by atoms with E-state index < -0.39 is 0 Å². The van der Waals surface area contributed by atoms with Crippen molar-refractivity contribution in [1.82, 2.24) is 14.9 Å². The Morgan fingerprint density at radius 1 is 1.19 bits per heavy atom. The van der Waals surface area contributed by atoms with Crippen LogP contribution < -0.4 is 0 Å². The Kier molecular flexibility index (Phi) is 5.28. The number of carbonyl (C=O) groups excluding carboxylic acids is 1. The fourth-order valence-corrected chi connectivity index (χ4v) is 6.02. The third-order valence-corrected chi connectivity index (χ3v) is 8.13. The Balaban J connectivity index is 1.62. The van der Waals surface area contributed by atoms with Crippen molar-refractivity contribution < 1.29 is 4.79 Å². The standard InChI is InChI=1S/C26H30N4OS/c1-6-22-19(8-7-16(4)28-22)20-9-17(10-25-21(20)11-24(32-25)15(2)3)26(31)30-13-18-12-27-29(5)23(18)14-30/h7-12,15,18,23H,6,13-14H2,1-5H3. The molecule has 32 heavy (non-hydrogen) atoms. The molecule has 166 valence electrons. The number of carbonyl (C=O) groups is 1. The summed E-state index contributed by atoms with van der Waals surface area (Å²) in [6, 6.07) is 11.0. The van der Waals surface area contributed by atoms with Crippen LogP contribution in [0.3, 0.4) is 0 Å². The van der Waals surface area contributed by atoms with Crippen molar-refractivity contribution in [3.05, 3.63) is 52.2 Å². The van der Waals surface area contributed by atoms with Gasteiger partial charge in [0.25, 0.3) is 5.91 Å². The van der Waals surface area contributed by atoms with Crippen LogP contribution in [0.1, 0.15) is 53.3 Å². The maximum absolute atomic E-state index is 13.6. The van der Waals surface area contributed by atoms with Crippen LogP contribution in [0, 0.1) is 12.8 Å². The molecule has 2 aromatic heterocycles. The number of thiophene rings is 1. The highest BCUT2D eigenvalue weighted by atomic mass is 32.1. The number of likely N-dealkylation sites (tertiary alicyclic amines) is 1. The number of hydrogen-bond donors (Lipinski definition) is 0. The van der Waals surface area contributed by atoms with Crippen molar-refractivity contribution in [2.24, 2.45) is 11.0 Å². The molecule has 2 unspecified atom stereocenters. The summed E-state index contributed by atoms with van der Waals surface area (Å²) >= 11 is 1.80. The first kappa shape index (κ1) is 21.1. The van der Waals surface area contributed by atoms with Crippen LogP contribution in [0.25, 0.3) is 21.2 Å². The van der Waals surface area contributed by atoms with Crippen molar-refractivity contribution in [1.29, 1.82) is 0 Å². The molecule has 3 aromatic rings. The number of benzene rings is 1. The maximum Gasteiger partial charge on any atom is 0.254 e. The van der Waals surface area contributed by atoms with Crippen LogP contribution in [0.15, 0.2) is 35.4 Å². The largest absolute Gasteiger partial charge is 0.336 e. The number of aromatic nitrogens is 1. The van der Waals surface area contributed by atoms with Crippen molar-refractivity contribution in [3.8, 4) is 11.1 Å². The average Bonchev–Trinajstić information content (AvgIpc) is 3.48. The topological polar surface area (TPSA) is 48.8 Å². The molecular weight excluding hydrogens is 416 g/mol. The van der Waals surface area contributed by atoms with Crippen molar-refractivity contribution in [2.45, 2.75) is 46.1 Å². The minimum absolute atomic E-state index is 0.113. The molecule has 0 N–H and O–H groups in total. The van der Waals surface area contributed by atoms with Gasteiger partial charge in [-0.05, 0) is 49.1 Å². The van der Waals surface area contributed by atoms with E-state index in [1.165, 1.54) is 15.0 Å². The zero-order chi connectivity index (χ0) is 22.6. The van der Waals surface area contributed by atoms with Gasteiger partial charge in [0, 0.05) is 69.7 Å². The molecule has 0 bridgehead atoms. The lowest BCUT2D eigenvalue weighted by Crippen LogP contribution is -2.33. The molecule has 1 saturated heterocycles. The number of pyridine rings is 1. The summed E-state index contributed by atoms with van der Waals surface area (Å²) in [5.41, 5.74) is 5.14. The van der Waals surface area contributed by atoms with Crippen LogP contribution in [0.5, 0.6) is 0 Å². The number of hydrazone groups is 1. The molecule has 5 rings (SSSR count).